The molecule has 0 aromatic carbocycles. The molecule has 1 aliphatic carbocycles. The molecule has 0 radical (unpaired) electrons. The van der Waals surface area contributed by atoms with E-state index in [4.69, 9.17) is 11.6 Å². The molecule has 1 amide bonds. The van der Waals surface area contributed by atoms with E-state index in [2.05, 4.69) is 5.32 Å². The number of hydrogen-bond donors (Lipinski definition) is 2. The van der Waals surface area contributed by atoms with Crippen molar-refractivity contribution in [2.45, 2.75) is 39.2 Å². The molecular weight excluding hydrogens is 280 g/mol. The molecule has 1 heterocycles. The summed E-state index contributed by atoms with van der Waals surface area (Å²) in [5.41, 5.74) is -0.334. The number of carboxylic acids is 1. The van der Waals surface area contributed by atoms with Crippen molar-refractivity contribution in [2.75, 3.05) is 6.54 Å². The fourth-order valence-electron chi connectivity index (χ4n) is 2.78. The van der Waals surface area contributed by atoms with Crippen LogP contribution in [0.5, 0.6) is 0 Å². The van der Waals surface area contributed by atoms with Gasteiger partial charge in [0.1, 0.15) is 5.69 Å². The lowest BCUT2D eigenvalue weighted by molar-refractivity contribution is -0.148. The first kappa shape index (κ1) is 14.9. The fourth-order valence-corrected chi connectivity index (χ4v) is 3.01. The van der Waals surface area contributed by atoms with E-state index < -0.39 is 11.4 Å². The zero-order valence-electron chi connectivity index (χ0n) is 11.5. The molecule has 1 fully saturated rings. The molecule has 0 bridgehead atoms. The highest BCUT2D eigenvalue weighted by Gasteiger charge is 2.41. The molecule has 0 atom stereocenters. The topological polar surface area (TPSA) is 71.3 Å². The standard InChI is InChI=1S/C14H19ClN2O3/c1-2-17-8-10(15)7-11(17)12(18)16-9-14(13(19)20)5-3-4-6-14/h7-8H,2-6,9H2,1H3,(H,16,18)(H,19,20). The Bertz CT molecular complexity index is 518. The van der Waals surface area contributed by atoms with Crippen LogP contribution in [-0.4, -0.2) is 28.1 Å². The van der Waals surface area contributed by atoms with E-state index in [0.29, 0.717) is 30.1 Å². The first-order chi connectivity index (χ1) is 9.48. The summed E-state index contributed by atoms with van der Waals surface area (Å²) in [6.45, 7) is 2.73. The van der Waals surface area contributed by atoms with Gasteiger partial charge < -0.3 is 15.0 Å². The van der Waals surface area contributed by atoms with Crippen LogP contribution in [0.2, 0.25) is 5.02 Å². The van der Waals surface area contributed by atoms with Crippen molar-refractivity contribution >= 4 is 23.5 Å². The summed E-state index contributed by atoms with van der Waals surface area (Å²) in [6.07, 6.45) is 4.74. The SMILES string of the molecule is CCn1cc(Cl)cc1C(=O)NCC1(C(=O)O)CCCC1. The highest BCUT2D eigenvalue weighted by Crippen LogP contribution is 2.37. The third-order valence-corrected chi connectivity index (χ3v) is 4.24. The third kappa shape index (κ3) is 2.82. The molecule has 0 aliphatic heterocycles. The highest BCUT2D eigenvalue weighted by molar-refractivity contribution is 6.31. The number of carbonyl (C=O) groups is 2. The fraction of sp³-hybridized carbons (Fsp3) is 0.571. The van der Waals surface area contributed by atoms with Crippen LogP contribution >= 0.6 is 11.6 Å². The number of aromatic nitrogens is 1. The van der Waals surface area contributed by atoms with Crippen LogP contribution in [-0.2, 0) is 11.3 Å². The number of nitrogens with zero attached hydrogens (tertiary/aromatic N) is 1. The Hall–Kier alpha value is -1.49. The minimum Gasteiger partial charge on any atom is -0.481 e. The first-order valence-electron chi connectivity index (χ1n) is 6.86. The second-order valence-corrected chi connectivity index (χ2v) is 5.74. The normalized spacial score (nSPS) is 17.1. The molecule has 2 N–H and O–H groups in total. The quantitative estimate of drug-likeness (QED) is 0.877. The lowest BCUT2D eigenvalue weighted by Crippen LogP contribution is -2.41. The Morgan fingerprint density at radius 2 is 2.10 bits per heavy atom. The van der Waals surface area contributed by atoms with Crippen LogP contribution in [0.3, 0.4) is 0 Å². The van der Waals surface area contributed by atoms with E-state index in [1.807, 2.05) is 6.92 Å². The van der Waals surface area contributed by atoms with Gasteiger partial charge in [-0.3, -0.25) is 9.59 Å². The molecule has 1 aromatic heterocycles. The average Bonchev–Trinajstić information content (AvgIpc) is 3.03. The van der Waals surface area contributed by atoms with Gasteiger partial charge >= 0.3 is 5.97 Å². The maximum absolute atomic E-state index is 12.2. The largest absolute Gasteiger partial charge is 0.481 e. The van der Waals surface area contributed by atoms with Crippen molar-refractivity contribution in [3.05, 3.63) is 23.0 Å². The molecule has 6 heteroatoms. The van der Waals surface area contributed by atoms with E-state index in [-0.39, 0.29) is 12.5 Å². The monoisotopic (exact) mass is 298 g/mol. The molecule has 0 spiro atoms. The van der Waals surface area contributed by atoms with Crippen molar-refractivity contribution in [1.29, 1.82) is 0 Å². The molecule has 110 valence electrons. The number of carbonyl (C=O) groups excluding carboxylic acids is 1. The summed E-state index contributed by atoms with van der Waals surface area (Å²) in [5.74, 6) is -1.09. The van der Waals surface area contributed by atoms with Gasteiger partial charge in [0.25, 0.3) is 5.91 Å². The number of amides is 1. The number of halogens is 1. The molecule has 2 rings (SSSR count). The van der Waals surface area contributed by atoms with Crippen LogP contribution < -0.4 is 5.32 Å². The summed E-state index contributed by atoms with van der Waals surface area (Å²) < 4.78 is 1.75. The van der Waals surface area contributed by atoms with Gasteiger partial charge in [-0.2, -0.15) is 0 Å². The van der Waals surface area contributed by atoms with E-state index >= 15 is 0 Å². The molecule has 1 aliphatic rings. The van der Waals surface area contributed by atoms with E-state index in [0.717, 1.165) is 12.8 Å². The molecular formula is C14H19ClN2O3. The average molecular weight is 299 g/mol. The van der Waals surface area contributed by atoms with Crippen LogP contribution in [0.25, 0.3) is 0 Å². The Morgan fingerprint density at radius 3 is 2.65 bits per heavy atom. The van der Waals surface area contributed by atoms with Crippen molar-refractivity contribution in [2.24, 2.45) is 5.41 Å². The highest BCUT2D eigenvalue weighted by atomic mass is 35.5. The number of rotatable bonds is 5. The van der Waals surface area contributed by atoms with Gasteiger partial charge in [-0.15, -0.1) is 0 Å². The predicted octanol–water partition coefficient (Wildman–Crippen LogP) is 2.54. The number of nitrogens with one attached hydrogen (secondary N) is 1. The molecule has 1 aromatic rings. The van der Waals surface area contributed by atoms with Crippen molar-refractivity contribution in [3.8, 4) is 0 Å². The maximum atomic E-state index is 12.2. The Morgan fingerprint density at radius 1 is 1.45 bits per heavy atom. The predicted molar refractivity (Wildman–Crippen MR) is 76.0 cm³/mol. The summed E-state index contributed by atoms with van der Waals surface area (Å²) in [4.78, 5) is 23.6. The van der Waals surface area contributed by atoms with Gasteiger partial charge in [0.05, 0.1) is 10.4 Å². The van der Waals surface area contributed by atoms with Crippen molar-refractivity contribution in [3.63, 3.8) is 0 Å². The third-order valence-electron chi connectivity index (χ3n) is 4.04. The second kappa shape index (κ2) is 5.87. The van der Waals surface area contributed by atoms with Crippen LogP contribution in [0.4, 0.5) is 0 Å². The van der Waals surface area contributed by atoms with Crippen molar-refractivity contribution in [1.82, 2.24) is 9.88 Å². The molecule has 1 saturated carbocycles. The van der Waals surface area contributed by atoms with Gasteiger partial charge in [-0.25, -0.2) is 0 Å². The summed E-state index contributed by atoms with van der Waals surface area (Å²) in [5, 5.41) is 12.6. The van der Waals surface area contributed by atoms with E-state index in [1.54, 1.807) is 16.8 Å². The first-order valence-corrected chi connectivity index (χ1v) is 7.23. The maximum Gasteiger partial charge on any atom is 0.311 e. The Kier molecular flexibility index (Phi) is 4.38. The number of hydrogen-bond acceptors (Lipinski definition) is 2. The van der Waals surface area contributed by atoms with Gasteiger partial charge in [0.2, 0.25) is 0 Å². The zero-order valence-corrected chi connectivity index (χ0v) is 12.2. The summed E-state index contributed by atoms with van der Waals surface area (Å²) in [7, 11) is 0. The van der Waals surface area contributed by atoms with Gasteiger partial charge in [-0.05, 0) is 25.8 Å². The minimum absolute atomic E-state index is 0.174. The van der Waals surface area contributed by atoms with Crippen LogP contribution in [0, 0.1) is 5.41 Å². The molecule has 0 saturated heterocycles. The Labute approximate surface area is 122 Å². The second-order valence-electron chi connectivity index (χ2n) is 5.30. The Balaban J connectivity index is 2.06. The van der Waals surface area contributed by atoms with Gasteiger partial charge in [0, 0.05) is 19.3 Å². The molecule has 5 nitrogen and oxygen atoms in total. The smallest absolute Gasteiger partial charge is 0.311 e. The molecule has 0 unspecified atom stereocenters. The number of aryl methyl sites for hydroxylation is 1. The summed E-state index contributed by atoms with van der Waals surface area (Å²) >= 11 is 5.90. The molecule has 20 heavy (non-hydrogen) atoms. The minimum atomic E-state index is -0.820. The lowest BCUT2D eigenvalue weighted by Gasteiger charge is -2.24. The number of aliphatic carboxylic acids is 1. The van der Waals surface area contributed by atoms with Gasteiger partial charge in [0.15, 0.2) is 0 Å². The van der Waals surface area contributed by atoms with Crippen molar-refractivity contribution < 1.29 is 14.7 Å². The van der Waals surface area contributed by atoms with Gasteiger partial charge in [-0.1, -0.05) is 24.4 Å². The van der Waals surface area contributed by atoms with Crippen LogP contribution in [0.15, 0.2) is 12.3 Å². The lowest BCUT2D eigenvalue weighted by atomic mass is 9.86. The van der Waals surface area contributed by atoms with E-state index in [1.165, 1.54) is 0 Å². The van der Waals surface area contributed by atoms with Crippen LogP contribution in [0.1, 0.15) is 43.1 Å². The number of carboxylic acid groups (broad SMARTS) is 1. The van der Waals surface area contributed by atoms with E-state index in [9.17, 15) is 14.7 Å². The summed E-state index contributed by atoms with van der Waals surface area (Å²) in [6, 6.07) is 1.60. The zero-order chi connectivity index (χ0) is 14.8.